The quantitative estimate of drug-likeness (QED) is 0.465. The van der Waals surface area contributed by atoms with E-state index in [1.165, 1.54) is 0 Å². The lowest BCUT2D eigenvalue weighted by molar-refractivity contribution is 0.279. The van der Waals surface area contributed by atoms with Crippen LogP contribution in [0.1, 0.15) is 12.8 Å². The molecule has 0 radical (unpaired) electrons. The molecule has 0 rings (SSSR count). The average Bonchev–Trinajstić information content (AvgIpc) is 1.98. The fourth-order valence-corrected chi connectivity index (χ4v) is 0.681. The van der Waals surface area contributed by atoms with Crippen LogP contribution in [0.2, 0.25) is 0 Å². The SMILES string of the molecule is OCC=C(CO)CCCO. The molecule has 3 heteroatoms. The molecule has 0 atom stereocenters. The van der Waals surface area contributed by atoms with Crippen LogP contribution in [0.15, 0.2) is 11.6 Å². The molecule has 0 aromatic rings. The second-order valence-corrected chi connectivity index (χ2v) is 2.03. The highest BCUT2D eigenvalue weighted by molar-refractivity contribution is 5.01. The lowest BCUT2D eigenvalue weighted by atomic mass is 10.1. The van der Waals surface area contributed by atoms with Crippen molar-refractivity contribution in [3.8, 4) is 0 Å². The molecule has 0 aromatic heterocycles. The van der Waals surface area contributed by atoms with Gasteiger partial charge in [-0.2, -0.15) is 0 Å². The third-order valence-corrected chi connectivity index (χ3v) is 1.24. The predicted molar refractivity (Wildman–Crippen MR) is 38.6 cm³/mol. The standard InChI is InChI=1S/C7H14O3/c8-4-1-2-7(6-10)3-5-9/h3,8-10H,1-2,4-6H2. The summed E-state index contributed by atoms with van der Waals surface area (Å²) in [5.41, 5.74) is 0.788. The van der Waals surface area contributed by atoms with Gasteiger partial charge in [0.05, 0.1) is 13.2 Å². The fraction of sp³-hybridized carbons (Fsp3) is 0.714. The minimum Gasteiger partial charge on any atom is -0.396 e. The molecule has 3 nitrogen and oxygen atoms in total. The Kier molecular flexibility index (Phi) is 6.48. The summed E-state index contributed by atoms with van der Waals surface area (Å²) in [5.74, 6) is 0. The Morgan fingerprint density at radius 2 is 1.90 bits per heavy atom. The van der Waals surface area contributed by atoms with Gasteiger partial charge in [-0.25, -0.2) is 0 Å². The van der Waals surface area contributed by atoms with Crippen LogP contribution >= 0.6 is 0 Å². The highest BCUT2D eigenvalue weighted by Gasteiger charge is 1.92. The van der Waals surface area contributed by atoms with E-state index >= 15 is 0 Å². The van der Waals surface area contributed by atoms with E-state index in [4.69, 9.17) is 15.3 Å². The summed E-state index contributed by atoms with van der Waals surface area (Å²) in [6.45, 7) is 0.0602. The van der Waals surface area contributed by atoms with E-state index in [0.29, 0.717) is 12.8 Å². The third kappa shape index (κ3) is 4.49. The van der Waals surface area contributed by atoms with E-state index in [9.17, 15) is 0 Å². The molecule has 60 valence electrons. The number of aliphatic hydroxyl groups excluding tert-OH is 3. The maximum absolute atomic E-state index is 8.62. The largest absolute Gasteiger partial charge is 0.396 e. The van der Waals surface area contributed by atoms with Crippen molar-refractivity contribution in [2.75, 3.05) is 19.8 Å². The van der Waals surface area contributed by atoms with E-state index in [0.717, 1.165) is 5.57 Å². The van der Waals surface area contributed by atoms with Crippen molar-refractivity contribution in [2.24, 2.45) is 0 Å². The molecule has 10 heavy (non-hydrogen) atoms. The molecule has 3 N–H and O–H groups in total. The summed E-state index contributed by atoms with van der Waals surface area (Å²) in [7, 11) is 0. The van der Waals surface area contributed by atoms with Crippen LogP contribution in [-0.2, 0) is 0 Å². The summed E-state index contributed by atoms with van der Waals surface area (Å²) in [5, 5.41) is 25.4. The van der Waals surface area contributed by atoms with Crippen molar-refractivity contribution >= 4 is 0 Å². The highest BCUT2D eigenvalue weighted by Crippen LogP contribution is 2.02. The number of hydrogen-bond donors (Lipinski definition) is 3. The zero-order valence-electron chi connectivity index (χ0n) is 5.95. The van der Waals surface area contributed by atoms with Gasteiger partial charge in [-0.1, -0.05) is 6.08 Å². The molecular weight excluding hydrogens is 132 g/mol. The van der Waals surface area contributed by atoms with Crippen molar-refractivity contribution < 1.29 is 15.3 Å². The van der Waals surface area contributed by atoms with Crippen molar-refractivity contribution in [1.29, 1.82) is 0 Å². The van der Waals surface area contributed by atoms with Crippen LogP contribution in [0.5, 0.6) is 0 Å². The Hall–Kier alpha value is -0.380. The molecule has 0 saturated heterocycles. The number of aliphatic hydroxyl groups is 3. The van der Waals surface area contributed by atoms with Crippen LogP contribution in [0.25, 0.3) is 0 Å². The Morgan fingerprint density at radius 3 is 2.30 bits per heavy atom. The minimum absolute atomic E-state index is 0.0272. The van der Waals surface area contributed by atoms with Crippen molar-refractivity contribution in [3.05, 3.63) is 11.6 Å². The van der Waals surface area contributed by atoms with Crippen LogP contribution in [-0.4, -0.2) is 35.1 Å². The maximum Gasteiger partial charge on any atom is 0.0642 e. The molecule has 0 fully saturated rings. The number of hydrogen-bond acceptors (Lipinski definition) is 3. The first-order valence-corrected chi connectivity index (χ1v) is 3.35. The van der Waals surface area contributed by atoms with E-state index in [1.807, 2.05) is 0 Å². The van der Waals surface area contributed by atoms with Gasteiger partial charge in [-0.3, -0.25) is 0 Å². The molecule has 0 amide bonds. The first kappa shape index (κ1) is 9.62. The molecule has 0 saturated carbocycles. The molecule has 0 aliphatic rings. The fourth-order valence-electron chi connectivity index (χ4n) is 0.681. The predicted octanol–water partition coefficient (Wildman–Crippen LogP) is -0.330. The van der Waals surface area contributed by atoms with Gasteiger partial charge in [0.2, 0.25) is 0 Å². The Balaban J connectivity index is 3.49. The molecule has 0 aliphatic carbocycles. The monoisotopic (exact) mass is 146 g/mol. The van der Waals surface area contributed by atoms with Gasteiger partial charge in [0.25, 0.3) is 0 Å². The first-order chi connectivity index (χ1) is 4.85. The first-order valence-electron chi connectivity index (χ1n) is 3.35. The van der Waals surface area contributed by atoms with Gasteiger partial charge < -0.3 is 15.3 Å². The second kappa shape index (κ2) is 6.74. The molecular formula is C7H14O3. The van der Waals surface area contributed by atoms with Crippen LogP contribution in [0.4, 0.5) is 0 Å². The molecule has 0 aromatic carbocycles. The van der Waals surface area contributed by atoms with Gasteiger partial charge in [-0.15, -0.1) is 0 Å². The lowest BCUT2D eigenvalue weighted by Crippen LogP contribution is -1.94. The zero-order chi connectivity index (χ0) is 7.82. The Morgan fingerprint density at radius 1 is 1.20 bits per heavy atom. The lowest BCUT2D eigenvalue weighted by Gasteiger charge is -1.99. The zero-order valence-corrected chi connectivity index (χ0v) is 5.95. The molecule has 0 aliphatic heterocycles. The van der Waals surface area contributed by atoms with Gasteiger partial charge in [0.1, 0.15) is 0 Å². The van der Waals surface area contributed by atoms with E-state index < -0.39 is 0 Å². The number of rotatable bonds is 5. The molecule has 0 spiro atoms. The van der Waals surface area contributed by atoms with Gasteiger partial charge in [-0.05, 0) is 18.4 Å². The smallest absolute Gasteiger partial charge is 0.0642 e. The van der Waals surface area contributed by atoms with E-state index in [2.05, 4.69) is 0 Å². The summed E-state index contributed by atoms with van der Waals surface area (Å²) < 4.78 is 0. The van der Waals surface area contributed by atoms with Crippen molar-refractivity contribution in [1.82, 2.24) is 0 Å². The van der Waals surface area contributed by atoms with Crippen LogP contribution in [0, 0.1) is 0 Å². The maximum atomic E-state index is 8.62. The van der Waals surface area contributed by atoms with Crippen LogP contribution < -0.4 is 0 Å². The second-order valence-electron chi connectivity index (χ2n) is 2.03. The van der Waals surface area contributed by atoms with Crippen molar-refractivity contribution in [3.63, 3.8) is 0 Å². The molecule has 0 heterocycles. The normalized spacial score (nSPS) is 12.1. The summed E-state index contributed by atoms with van der Waals surface area (Å²) >= 11 is 0. The van der Waals surface area contributed by atoms with E-state index in [1.54, 1.807) is 6.08 Å². The third-order valence-electron chi connectivity index (χ3n) is 1.24. The summed E-state index contributed by atoms with van der Waals surface area (Å²) in [4.78, 5) is 0. The topological polar surface area (TPSA) is 60.7 Å². The Bertz CT molecular complexity index is 99.0. The van der Waals surface area contributed by atoms with Crippen LogP contribution in [0.3, 0.4) is 0 Å². The van der Waals surface area contributed by atoms with Gasteiger partial charge in [0, 0.05) is 6.61 Å². The highest BCUT2D eigenvalue weighted by atomic mass is 16.3. The van der Waals surface area contributed by atoms with E-state index in [-0.39, 0.29) is 19.8 Å². The summed E-state index contributed by atoms with van der Waals surface area (Å²) in [6.07, 6.45) is 2.87. The minimum atomic E-state index is -0.0404. The van der Waals surface area contributed by atoms with Gasteiger partial charge >= 0.3 is 0 Å². The Labute approximate surface area is 60.6 Å². The van der Waals surface area contributed by atoms with Gasteiger partial charge in [0.15, 0.2) is 0 Å². The summed E-state index contributed by atoms with van der Waals surface area (Å²) in [6, 6.07) is 0. The van der Waals surface area contributed by atoms with Crippen molar-refractivity contribution in [2.45, 2.75) is 12.8 Å². The molecule has 0 bridgehead atoms. The molecule has 0 unspecified atom stereocenters. The average molecular weight is 146 g/mol.